The van der Waals surface area contributed by atoms with E-state index in [1.165, 1.54) is 28.6 Å². The number of rotatable bonds is 6. The van der Waals surface area contributed by atoms with Gasteiger partial charge < -0.3 is 5.32 Å². The van der Waals surface area contributed by atoms with Crippen LogP contribution in [0.2, 0.25) is 0 Å². The summed E-state index contributed by atoms with van der Waals surface area (Å²) in [5, 5.41) is 2.93. The Morgan fingerprint density at radius 1 is 0.962 bits per heavy atom. The lowest BCUT2D eigenvalue weighted by molar-refractivity contribution is 0.0940. The molecule has 1 atom stereocenters. The highest BCUT2D eigenvalue weighted by atomic mass is 32.2. The molecule has 0 aliphatic rings. The Labute approximate surface area is 156 Å². The van der Waals surface area contributed by atoms with Gasteiger partial charge in [0.25, 0.3) is 5.91 Å². The predicted molar refractivity (Wildman–Crippen MR) is 104 cm³/mol. The molecular weight excluding hydrogens is 348 g/mol. The Bertz CT molecular complexity index is 857. The maximum Gasteiger partial charge on any atom is 0.251 e. The predicted octanol–water partition coefficient (Wildman–Crippen LogP) is 3.51. The zero-order valence-corrected chi connectivity index (χ0v) is 16.7. The summed E-state index contributed by atoms with van der Waals surface area (Å²) in [6.45, 7) is 7.55. The van der Waals surface area contributed by atoms with Crippen LogP contribution < -0.4 is 5.32 Å². The van der Waals surface area contributed by atoms with E-state index in [4.69, 9.17) is 0 Å². The van der Waals surface area contributed by atoms with Crippen molar-refractivity contribution in [2.45, 2.75) is 44.7 Å². The molecular formula is C20H26N2O3S. The monoisotopic (exact) mass is 374 g/mol. The van der Waals surface area contributed by atoms with Crippen LogP contribution in [0.25, 0.3) is 0 Å². The summed E-state index contributed by atoms with van der Waals surface area (Å²) in [6, 6.07) is 13.7. The number of amides is 1. The second kappa shape index (κ2) is 8.01. The van der Waals surface area contributed by atoms with Crippen molar-refractivity contribution in [3.63, 3.8) is 0 Å². The van der Waals surface area contributed by atoms with Crippen LogP contribution in [0.1, 0.15) is 48.3 Å². The summed E-state index contributed by atoms with van der Waals surface area (Å²) in [4.78, 5) is 12.6. The maximum absolute atomic E-state index is 12.5. The van der Waals surface area contributed by atoms with Crippen molar-refractivity contribution in [1.29, 1.82) is 0 Å². The van der Waals surface area contributed by atoms with Crippen LogP contribution in [-0.4, -0.2) is 31.7 Å². The van der Waals surface area contributed by atoms with E-state index in [1.807, 2.05) is 52.0 Å². The first kappa shape index (κ1) is 20.1. The van der Waals surface area contributed by atoms with Crippen LogP contribution in [0.4, 0.5) is 0 Å². The third-order valence-corrected chi connectivity index (χ3v) is 6.49. The van der Waals surface area contributed by atoms with E-state index in [2.05, 4.69) is 5.32 Å². The van der Waals surface area contributed by atoms with Crippen LogP contribution in [0.3, 0.4) is 0 Å². The molecule has 0 saturated carbocycles. The topological polar surface area (TPSA) is 66.5 Å². The highest BCUT2D eigenvalue weighted by Gasteiger charge is 2.23. The summed E-state index contributed by atoms with van der Waals surface area (Å²) in [6.07, 6.45) is 0. The van der Waals surface area contributed by atoms with Gasteiger partial charge in [0.1, 0.15) is 0 Å². The van der Waals surface area contributed by atoms with E-state index in [0.29, 0.717) is 5.56 Å². The lowest BCUT2D eigenvalue weighted by Crippen LogP contribution is -2.33. The van der Waals surface area contributed by atoms with Crippen LogP contribution in [0.5, 0.6) is 0 Å². The van der Waals surface area contributed by atoms with Gasteiger partial charge in [-0.05, 0) is 57.5 Å². The van der Waals surface area contributed by atoms with Crippen molar-refractivity contribution in [1.82, 2.24) is 9.62 Å². The molecule has 2 aromatic carbocycles. The van der Waals surface area contributed by atoms with Gasteiger partial charge in [0.05, 0.1) is 10.9 Å². The van der Waals surface area contributed by atoms with Crippen LogP contribution in [0.15, 0.2) is 53.4 Å². The van der Waals surface area contributed by atoms with E-state index < -0.39 is 10.0 Å². The Hall–Kier alpha value is -2.18. The molecule has 5 nitrogen and oxygen atoms in total. The van der Waals surface area contributed by atoms with E-state index in [0.717, 1.165) is 11.1 Å². The van der Waals surface area contributed by atoms with Crippen molar-refractivity contribution in [3.8, 4) is 0 Å². The Morgan fingerprint density at radius 2 is 1.50 bits per heavy atom. The summed E-state index contributed by atoms with van der Waals surface area (Å²) < 4.78 is 26.2. The molecule has 26 heavy (non-hydrogen) atoms. The summed E-state index contributed by atoms with van der Waals surface area (Å²) in [5.41, 5.74) is 2.60. The molecule has 1 N–H and O–H groups in total. The number of nitrogens with zero attached hydrogens (tertiary/aromatic N) is 1. The first-order chi connectivity index (χ1) is 12.1. The van der Waals surface area contributed by atoms with Gasteiger partial charge in [0.2, 0.25) is 10.0 Å². The summed E-state index contributed by atoms with van der Waals surface area (Å²) >= 11 is 0. The number of benzene rings is 2. The molecule has 0 aliphatic carbocycles. The van der Waals surface area contributed by atoms with Gasteiger partial charge in [-0.15, -0.1) is 0 Å². The van der Waals surface area contributed by atoms with Gasteiger partial charge in [-0.25, -0.2) is 8.42 Å². The molecule has 6 heteroatoms. The number of sulfonamides is 1. The molecule has 140 valence electrons. The van der Waals surface area contributed by atoms with E-state index >= 15 is 0 Å². The van der Waals surface area contributed by atoms with Crippen molar-refractivity contribution in [2.75, 3.05) is 7.05 Å². The zero-order valence-electron chi connectivity index (χ0n) is 15.9. The SMILES string of the molecule is Cc1ccc(C(C)NC(=O)c2ccc(S(=O)(=O)N(C)C(C)C)cc2)cc1. The van der Waals surface area contributed by atoms with E-state index in [9.17, 15) is 13.2 Å². The molecule has 0 bridgehead atoms. The van der Waals surface area contributed by atoms with Gasteiger partial charge in [-0.1, -0.05) is 29.8 Å². The van der Waals surface area contributed by atoms with Crippen molar-refractivity contribution < 1.29 is 13.2 Å². The van der Waals surface area contributed by atoms with Crippen molar-refractivity contribution in [3.05, 3.63) is 65.2 Å². The van der Waals surface area contributed by atoms with Gasteiger partial charge >= 0.3 is 0 Å². The van der Waals surface area contributed by atoms with Gasteiger partial charge in [0.15, 0.2) is 0 Å². The average Bonchev–Trinajstić information content (AvgIpc) is 2.61. The van der Waals surface area contributed by atoms with Gasteiger partial charge in [0, 0.05) is 18.7 Å². The minimum absolute atomic E-state index is 0.140. The third kappa shape index (κ3) is 4.51. The molecule has 0 heterocycles. The average molecular weight is 375 g/mol. The fraction of sp³-hybridized carbons (Fsp3) is 0.350. The summed E-state index contributed by atoms with van der Waals surface area (Å²) in [5.74, 6) is -0.237. The second-order valence-electron chi connectivity index (χ2n) is 6.75. The molecule has 0 saturated heterocycles. The fourth-order valence-electron chi connectivity index (χ4n) is 2.44. The second-order valence-corrected chi connectivity index (χ2v) is 8.74. The molecule has 0 aromatic heterocycles. The smallest absolute Gasteiger partial charge is 0.251 e. The zero-order chi connectivity index (χ0) is 19.5. The highest BCUT2D eigenvalue weighted by molar-refractivity contribution is 7.89. The Kier molecular flexibility index (Phi) is 6.21. The summed E-state index contributed by atoms with van der Waals surface area (Å²) in [7, 11) is -2.00. The number of carbonyl (C=O) groups excluding carboxylic acids is 1. The van der Waals surface area contributed by atoms with Crippen LogP contribution in [0, 0.1) is 6.92 Å². The molecule has 0 radical (unpaired) electrons. The molecule has 1 unspecified atom stereocenters. The normalized spacial score (nSPS) is 13.0. The fourth-order valence-corrected chi connectivity index (χ4v) is 3.81. The molecule has 2 rings (SSSR count). The molecule has 1 amide bonds. The Morgan fingerprint density at radius 3 is 2.00 bits per heavy atom. The van der Waals surface area contributed by atoms with Gasteiger partial charge in [-0.3, -0.25) is 4.79 Å². The van der Waals surface area contributed by atoms with Crippen molar-refractivity contribution >= 4 is 15.9 Å². The number of nitrogens with one attached hydrogen (secondary N) is 1. The first-order valence-electron chi connectivity index (χ1n) is 8.58. The van der Waals surface area contributed by atoms with Crippen LogP contribution >= 0.6 is 0 Å². The maximum atomic E-state index is 12.5. The third-order valence-electron chi connectivity index (χ3n) is 4.45. The van der Waals surface area contributed by atoms with Crippen LogP contribution in [-0.2, 0) is 10.0 Å². The number of hydrogen-bond donors (Lipinski definition) is 1. The molecule has 0 aliphatic heterocycles. The van der Waals surface area contributed by atoms with E-state index in [1.54, 1.807) is 7.05 Å². The largest absolute Gasteiger partial charge is 0.346 e. The standard InChI is InChI=1S/C20H26N2O3S/c1-14(2)22(5)26(24,25)19-12-10-18(11-13-19)20(23)21-16(4)17-8-6-15(3)7-9-17/h6-14,16H,1-5H3,(H,21,23). The molecule has 0 fully saturated rings. The van der Waals surface area contributed by atoms with Crippen molar-refractivity contribution in [2.24, 2.45) is 0 Å². The number of aryl methyl sites for hydroxylation is 1. The first-order valence-corrected chi connectivity index (χ1v) is 10.0. The Balaban J connectivity index is 2.12. The van der Waals surface area contributed by atoms with Gasteiger partial charge in [-0.2, -0.15) is 4.31 Å². The minimum Gasteiger partial charge on any atom is -0.346 e. The molecule has 2 aromatic rings. The minimum atomic E-state index is -3.55. The quantitative estimate of drug-likeness (QED) is 0.841. The highest BCUT2D eigenvalue weighted by Crippen LogP contribution is 2.18. The number of carbonyl (C=O) groups is 1. The molecule has 0 spiro atoms. The lowest BCUT2D eigenvalue weighted by Gasteiger charge is -2.21. The number of hydrogen-bond acceptors (Lipinski definition) is 3. The lowest BCUT2D eigenvalue weighted by atomic mass is 10.1. The van der Waals surface area contributed by atoms with E-state index in [-0.39, 0.29) is 22.9 Å².